The molecular formula is C25H39NO4. The summed E-state index contributed by atoms with van der Waals surface area (Å²) in [5.74, 6) is -1.02. The Bertz CT molecular complexity index is 711. The summed E-state index contributed by atoms with van der Waals surface area (Å²) in [4.78, 5) is 30.3. The van der Waals surface area contributed by atoms with Gasteiger partial charge in [-0.25, -0.2) is 4.79 Å². The zero-order chi connectivity index (χ0) is 22.9. The van der Waals surface area contributed by atoms with Crippen LogP contribution in [0, 0.1) is 11.3 Å². The number of benzene rings is 1. The van der Waals surface area contributed by atoms with E-state index in [0.29, 0.717) is 6.42 Å². The lowest BCUT2D eigenvalue weighted by Crippen LogP contribution is -2.38. The van der Waals surface area contributed by atoms with Crippen LogP contribution in [0.5, 0.6) is 0 Å². The third kappa shape index (κ3) is 8.68. The molecule has 168 valence electrons. The molecule has 0 aliphatic rings. The molecule has 30 heavy (non-hydrogen) atoms. The van der Waals surface area contributed by atoms with Crippen LogP contribution in [0.3, 0.4) is 0 Å². The number of rotatable bonds is 9. The molecule has 0 N–H and O–H groups in total. The standard InChI is InChI=1S/C25H39NO4/c1-9-10-14-19(17-20(27)29-8)21(23(28)30-25(5,6)7)26-22(24(2,3)4)18-15-12-11-13-16-18/h11-13,15-16,19,21H,9-10,14,17H2,1-8H3. The topological polar surface area (TPSA) is 65.0 Å². The van der Waals surface area contributed by atoms with E-state index < -0.39 is 17.6 Å². The zero-order valence-corrected chi connectivity index (χ0v) is 20.0. The van der Waals surface area contributed by atoms with Crippen molar-refractivity contribution >= 4 is 17.7 Å². The van der Waals surface area contributed by atoms with Gasteiger partial charge in [-0.15, -0.1) is 0 Å². The van der Waals surface area contributed by atoms with Crippen molar-refractivity contribution < 1.29 is 19.1 Å². The second kappa shape index (κ2) is 11.3. The lowest BCUT2D eigenvalue weighted by Gasteiger charge is -2.30. The van der Waals surface area contributed by atoms with Gasteiger partial charge in [0.05, 0.1) is 13.5 Å². The fraction of sp³-hybridized carbons (Fsp3) is 0.640. The van der Waals surface area contributed by atoms with Gasteiger partial charge in [0.2, 0.25) is 0 Å². The number of nitrogens with zero attached hydrogens (tertiary/aromatic N) is 1. The van der Waals surface area contributed by atoms with E-state index in [2.05, 4.69) is 27.7 Å². The van der Waals surface area contributed by atoms with Gasteiger partial charge in [-0.2, -0.15) is 0 Å². The Morgan fingerprint density at radius 2 is 1.63 bits per heavy atom. The number of methoxy groups -OCH3 is 1. The van der Waals surface area contributed by atoms with Crippen LogP contribution in [0.1, 0.15) is 79.7 Å². The summed E-state index contributed by atoms with van der Waals surface area (Å²) >= 11 is 0. The number of hydrogen-bond donors (Lipinski definition) is 0. The van der Waals surface area contributed by atoms with Crippen LogP contribution < -0.4 is 0 Å². The van der Waals surface area contributed by atoms with Crippen molar-refractivity contribution in [2.75, 3.05) is 7.11 Å². The molecule has 0 saturated heterocycles. The molecule has 0 fully saturated rings. The summed E-state index contributed by atoms with van der Waals surface area (Å²) in [6.07, 6.45) is 2.70. The summed E-state index contributed by atoms with van der Waals surface area (Å²) < 4.78 is 10.6. The van der Waals surface area contributed by atoms with E-state index in [1.165, 1.54) is 7.11 Å². The van der Waals surface area contributed by atoms with Gasteiger partial charge in [-0.05, 0) is 32.8 Å². The van der Waals surface area contributed by atoms with Gasteiger partial charge < -0.3 is 9.47 Å². The average Bonchev–Trinajstić information content (AvgIpc) is 2.64. The molecule has 5 heteroatoms. The SMILES string of the molecule is CCCCC(CC(=O)OC)C(N=C(c1ccccc1)C(C)(C)C)C(=O)OC(C)(C)C. The van der Waals surface area contributed by atoms with Crippen LogP contribution in [-0.2, 0) is 19.1 Å². The third-order valence-corrected chi connectivity index (χ3v) is 4.71. The van der Waals surface area contributed by atoms with Crippen LogP contribution in [0.25, 0.3) is 0 Å². The van der Waals surface area contributed by atoms with Crippen LogP contribution in [0.15, 0.2) is 35.3 Å². The highest BCUT2D eigenvalue weighted by Gasteiger charge is 2.35. The maximum Gasteiger partial charge on any atom is 0.331 e. The fourth-order valence-electron chi connectivity index (χ4n) is 3.28. The van der Waals surface area contributed by atoms with Crippen LogP contribution in [0.2, 0.25) is 0 Å². The zero-order valence-electron chi connectivity index (χ0n) is 20.0. The molecule has 0 aliphatic carbocycles. The molecule has 0 amide bonds. The lowest BCUT2D eigenvalue weighted by atomic mass is 9.84. The normalized spacial score (nSPS) is 14.7. The minimum Gasteiger partial charge on any atom is -0.469 e. The molecule has 0 saturated carbocycles. The van der Waals surface area contributed by atoms with Crippen molar-refractivity contribution in [3.05, 3.63) is 35.9 Å². The van der Waals surface area contributed by atoms with Crippen molar-refractivity contribution in [3.8, 4) is 0 Å². The van der Waals surface area contributed by atoms with E-state index in [-0.39, 0.29) is 23.7 Å². The van der Waals surface area contributed by atoms with Gasteiger partial charge in [0, 0.05) is 17.0 Å². The van der Waals surface area contributed by atoms with E-state index in [4.69, 9.17) is 14.5 Å². The molecule has 0 aromatic heterocycles. The summed E-state index contributed by atoms with van der Waals surface area (Å²) in [5.41, 5.74) is 0.860. The van der Waals surface area contributed by atoms with Crippen molar-refractivity contribution in [1.82, 2.24) is 0 Å². The molecular weight excluding hydrogens is 378 g/mol. The number of esters is 2. The molecule has 1 rings (SSSR count). The van der Waals surface area contributed by atoms with Crippen molar-refractivity contribution in [3.63, 3.8) is 0 Å². The molecule has 5 nitrogen and oxygen atoms in total. The summed E-state index contributed by atoms with van der Waals surface area (Å²) in [6.45, 7) is 13.8. The molecule has 0 spiro atoms. The molecule has 1 aromatic rings. The largest absolute Gasteiger partial charge is 0.469 e. The number of carbonyl (C=O) groups is 2. The monoisotopic (exact) mass is 417 g/mol. The van der Waals surface area contributed by atoms with Crippen LogP contribution in [-0.4, -0.2) is 36.4 Å². The Labute approximate surface area is 182 Å². The predicted molar refractivity (Wildman–Crippen MR) is 122 cm³/mol. The van der Waals surface area contributed by atoms with E-state index >= 15 is 0 Å². The Hall–Kier alpha value is -2.17. The summed E-state index contributed by atoms with van der Waals surface area (Å²) in [7, 11) is 1.37. The van der Waals surface area contributed by atoms with Crippen LogP contribution >= 0.6 is 0 Å². The van der Waals surface area contributed by atoms with Gasteiger partial charge in [-0.3, -0.25) is 9.79 Å². The van der Waals surface area contributed by atoms with E-state index in [0.717, 1.165) is 24.1 Å². The van der Waals surface area contributed by atoms with Gasteiger partial charge in [-0.1, -0.05) is 70.9 Å². The Morgan fingerprint density at radius 3 is 2.10 bits per heavy atom. The lowest BCUT2D eigenvalue weighted by molar-refractivity contribution is -0.158. The smallest absolute Gasteiger partial charge is 0.331 e. The molecule has 0 radical (unpaired) electrons. The Balaban J connectivity index is 3.52. The quantitative estimate of drug-likeness (QED) is 0.387. The van der Waals surface area contributed by atoms with Crippen molar-refractivity contribution in [2.24, 2.45) is 16.3 Å². The maximum absolute atomic E-state index is 13.2. The van der Waals surface area contributed by atoms with E-state index in [9.17, 15) is 9.59 Å². The van der Waals surface area contributed by atoms with E-state index in [1.54, 1.807) is 0 Å². The van der Waals surface area contributed by atoms with Gasteiger partial charge in [0.1, 0.15) is 5.60 Å². The summed E-state index contributed by atoms with van der Waals surface area (Å²) in [5, 5.41) is 0. The minimum atomic E-state index is -0.774. The molecule has 0 aliphatic heterocycles. The highest BCUT2D eigenvalue weighted by Crippen LogP contribution is 2.28. The molecule has 0 bridgehead atoms. The maximum atomic E-state index is 13.2. The summed E-state index contributed by atoms with van der Waals surface area (Å²) in [6, 6.07) is 9.10. The third-order valence-electron chi connectivity index (χ3n) is 4.71. The second-order valence-electron chi connectivity index (χ2n) is 9.75. The number of unbranched alkanes of at least 4 members (excludes halogenated alkanes) is 1. The first kappa shape index (κ1) is 25.9. The van der Waals surface area contributed by atoms with E-state index in [1.807, 2.05) is 51.1 Å². The molecule has 2 atom stereocenters. The Kier molecular flexibility index (Phi) is 9.73. The first-order valence-electron chi connectivity index (χ1n) is 10.8. The average molecular weight is 418 g/mol. The first-order chi connectivity index (χ1) is 13.9. The second-order valence-corrected chi connectivity index (χ2v) is 9.75. The first-order valence-corrected chi connectivity index (χ1v) is 10.8. The van der Waals surface area contributed by atoms with Gasteiger partial charge in [0.15, 0.2) is 6.04 Å². The number of hydrogen-bond acceptors (Lipinski definition) is 5. The van der Waals surface area contributed by atoms with Gasteiger partial charge in [0.25, 0.3) is 0 Å². The molecule has 2 unspecified atom stereocenters. The van der Waals surface area contributed by atoms with Crippen LogP contribution in [0.4, 0.5) is 0 Å². The predicted octanol–water partition coefficient (Wildman–Crippen LogP) is 5.60. The highest BCUT2D eigenvalue weighted by atomic mass is 16.6. The number of carbonyl (C=O) groups excluding carboxylic acids is 2. The van der Waals surface area contributed by atoms with Crippen molar-refractivity contribution in [1.29, 1.82) is 0 Å². The highest BCUT2D eigenvalue weighted by molar-refractivity contribution is 6.05. The molecule has 0 heterocycles. The van der Waals surface area contributed by atoms with Crippen molar-refractivity contribution in [2.45, 2.75) is 85.8 Å². The number of aliphatic imine (C=N–C) groups is 1. The minimum absolute atomic E-state index is 0.135. The fourth-order valence-corrected chi connectivity index (χ4v) is 3.28. The van der Waals surface area contributed by atoms with Gasteiger partial charge >= 0.3 is 11.9 Å². The number of ether oxygens (including phenoxy) is 2. The molecule has 1 aromatic carbocycles. The Morgan fingerprint density at radius 1 is 1.03 bits per heavy atom.